The highest BCUT2D eigenvalue weighted by Gasteiger charge is 2.33. The number of fused-ring (bicyclic) bond motifs is 1. The first-order chi connectivity index (χ1) is 12.5. The minimum absolute atomic E-state index is 0.152. The minimum Gasteiger partial charge on any atom is -0.509 e. The lowest BCUT2D eigenvalue weighted by molar-refractivity contribution is 0.411. The molecule has 2 N–H and O–H groups in total. The summed E-state index contributed by atoms with van der Waals surface area (Å²) >= 11 is 6.24. The molecule has 1 aliphatic heterocycles. The third kappa shape index (κ3) is 2.39. The standard InChI is InChI=1S/C20H19ClN4O/c1-3-24-16-9-5-4-8-14(16)23-20(24)18-17(26)11-25(19(18)22)15-10-6-7-13(21)12(15)2/h4-10,22,26H,3,11H2,1-2H3. The lowest BCUT2D eigenvalue weighted by atomic mass is 10.1. The second-order valence-electron chi connectivity index (χ2n) is 6.31. The lowest BCUT2D eigenvalue weighted by Gasteiger charge is -2.21. The summed E-state index contributed by atoms with van der Waals surface area (Å²) in [5.41, 5.74) is 4.04. The molecule has 0 saturated carbocycles. The normalized spacial score (nSPS) is 14.7. The van der Waals surface area contributed by atoms with E-state index in [0.717, 1.165) is 22.3 Å². The number of anilines is 1. The molecule has 0 spiro atoms. The Hall–Kier alpha value is -2.79. The number of benzene rings is 2. The predicted molar refractivity (Wildman–Crippen MR) is 106 cm³/mol. The molecular formula is C20H19ClN4O. The zero-order chi connectivity index (χ0) is 18.4. The fourth-order valence-corrected chi connectivity index (χ4v) is 3.66. The Morgan fingerprint density at radius 1 is 1.19 bits per heavy atom. The van der Waals surface area contributed by atoms with Crippen molar-refractivity contribution in [2.45, 2.75) is 20.4 Å². The number of nitrogens with zero attached hydrogens (tertiary/aromatic N) is 3. The van der Waals surface area contributed by atoms with E-state index in [-0.39, 0.29) is 18.1 Å². The number of amidine groups is 1. The molecule has 0 unspecified atom stereocenters. The maximum atomic E-state index is 10.7. The summed E-state index contributed by atoms with van der Waals surface area (Å²) < 4.78 is 2.03. The van der Waals surface area contributed by atoms with Crippen molar-refractivity contribution in [2.75, 3.05) is 11.4 Å². The van der Waals surface area contributed by atoms with Gasteiger partial charge in [0.15, 0.2) is 0 Å². The molecule has 2 heterocycles. The summed E-state index contributed by atoms with van der Waals surface area (Å²) in [7, 11) is 0. The number of aliphatic hydroxyl groups excluding tert-OH is 1. The molecule has 5 nitrogen and oxygen atoms in total. The summed E-state index contributed by atoms with van der Waals surface area (Å²) in [6.07, 6.45) is 0. The van der Waals surface area contributed by atoms with Crippen LogP contribution in [0.5, 0.6) is 0 Å². The van der Waals surface area contributed by atoms with Crippen LogP contribution in [-0.4, -0.2) is 27.0 Å². The molecule has 0 amide bonds. The molecule has 26 heavy (non-hydrogen) atoms. The predicted octanol–water partition coefficient (Wildman–Crippen LogP) is 4.78. The molecule has 0 radical (unpaired) electrons. The van der Waals surface area contributed by atoms with Crippen molar-refractivity contribution in [1.82, 2.24) is 9.55 Å². The van der Waals surface area contributed by atoms with E-state index in [4.69, 9.17) is 17.0 Å². The van der Waals surface area contributed by atoms with Gasteiger partial charge in [-0.1, -0.05) is 29.8 Å². The second kappa shape index (κ2) is 6.18. The highest BCUT2D eigenvalue weighted by atomic mass is 35.5. The molecule has 0 bridgehead atoms. The van der Waals surface area contributed by atoms with Gasteiger partial charge in [-0.05, 0) is 43.7 Å². The van der Waals surface area contributed by atoms with Crippen LogP contribution >= 0.6 is 11.6 Å². The largest absolute Gasteiger partial charge is 0.509 e. The summed E-state index contributed by atoms with van der Waals surface area (Å²) in [4.78, 5) is 6.46. The first-order valence-corrected chi connectivity index (χ1v) is 8.90. The molecule has 2 aromatic carbocycles. The number of hydrogen-bond acceptors (Lipinski definition) is 3. The number of rotatable bonds is 3. The van der Waals surface area contributed by atoms with Crippen molar-refractivity contribution in [3.63, 3.8) is 0 Å². The molecule has 0 aliphatic carbocycles. The van der Waals surface area contributed by atoms with E-state index < -0.39 is 0 Å². The Labute approximate surface area is 156 Å². The van der Waals surface area contributed by atoms with Gasteiger partial charge in [-0.25, -0.2) is 4.98 Å². The molecule has 0 saturated heterocycles. The van der Waals surface area contributed by atoms with Crippen LogP contribution in [0.4, 0.5) is 5.69 Å². The number of halogens is 1. The van der Waals surface area contributed by atoms with Crippen LogP contribution in [0.15, 0.2) is 48.2 Å². The highest BCUT2D eigenvalue weighted by Crippen LogP contribution is 2.35. The van der Waals surface area contributed by atoms with Crippen LogP contribution in [0.2, 0.25) is 5.02 Å². The second-order valence-corrected chi connectivity index (χ2v) is 6.72. The minimum atomic E-state index is 0.152. The SMILES string of the molecule is CCn1c(C2=C(O)CN(c3cccc(Cl)c3C)C2=N)nc2ccccc21. The Morgan fingerprint density at radius 3 is 2.73 bits per heavy atom. The number of para-hydroxylation sites is 2. The van der Waals surface area contributed by atoms with Gasteiger partial charge in [-0.15, -0.1) is 0 Å². The number of hydrogen-bond donors (Lipinski definition) is 2. The van der Waals surface area contributed by atoms with Gasteiger partial charge in [-0.2, -0.15) is 0 Å². The summed E-state index contributed by atoms with van der Waals surface area (Å²) in [6, 6.07) is 13.4. The van der Waals surface area contributed by atoms with Crippen LogP contribution in [0.3, 0.4) is 0 Å². The van der Waals surface area contributed by atoms with Crippen molar-refractivity contribution in [2.24, 2.45) is 0 Å². The quantitative estimate of drug-likeness (QED) is 0.700. The van der Waals surface area contributed by atoms with Crippen LogP contribution in [0.1, 0.15) is 18.3 Å². The van der Waals surface area contributed by atoms with E-state index in [1.165, 1.54) is 0 Å². The molecule has 1 aliphatic rings. The number of imidazole rings is 1. The molecule has 3 aromatic rings. The first kappa shape index (κ1) is 16.7. The maximum absolute atomic E-state index is 10.7. The number of aromatic nitrogens is 2. The molecule has 1 aromatic heterocycles. The van der Waals surface area contributed by atoms with E-state index in [1.54, 1.807) is 4.90 Å². The van der Waals surface area contributed by atoms with Gasteiger partial charge >= 0.3 is 0 Å². The molecule has 0 fully saturated rings. The Morgan fingerprint density at radius 2 is 1.96 bits per heavy atom. The van der Waals surface area contributed by atoms with Crippen molar-refractivity contribution in [1.29, 1.82) is 5.41 Å². The summed E-state index contributed by atoms with van der Waals surface area (Å²) in [5, 5.41) is 20.0. The van der Waals surface area contributed by atoms with E-state index in [1.807, 2.05) is 60.9 Å². The zero-order valence-electron chi connectivity index (χ0n) is 14.6. The Bertz CT molecular complexity index is 1070. The van der Waals surface area contributed by atoms with E-state index >= 15 is 0 Å². The van der Waals surface area contributed by atoms with Gasteiger partial charge in [0.1, 0.15) is 17.4 Å². The van der Waals surface area contributed by atoms with Gasteiger partial charge in [0.2, 0.25) is 0 Å². The van der Waals surface area contributed by atoms with Gasteiger partial charge in [0.25, 0.3) is 0 Å². The average molecular weight is 367 g/mol. The van der Waals surface area contributed by atoms with Crippen LogP contribution in [0.25, 0.3) is 16.6 Å². The monoisotopic (exact) mass is 366 g/mol. The Kier molecular flexibility index (Phi) is 3.96. The fraction of sp³-hybridized carbons (Fsp3) is 0.200. The van der Waals surface area contributed by atoms with Crippen molar-refractivity contribution >= 4 is 39.7 Å². The average Bonchev–Trinajstić information content (AvgIpc) is 3.13. The highest BCUT2D eigenvalue weighted by molar-refractivity contribution is 6.33. The van der Waals surface area contributed by atoms with Gasteiger partial charge < -0.3 is 14.6 Å². The number of aryl methyl sites for hydroxylation is 1. The lowest BCUT2D eigenvalue weighted by Crippen LogP contribution is -2.27. The van der Waals surface area contributed by atoms with Gasteiger partial charge in [0, 0.05) is 17.3 Å². The zero-order valence-corrected chi connectivity index (χ0v) is 15.4. The van der Waals surface area contributed by atoms with Crippen LogP contribution in [0, 0.1) is 12.3 Å². The van der Waals surface area contributed by atoms with Gasteiger partial charge in [-0.3, -0.25) is 5.41 Å². The summed E-state index contributed by atoms with van der Waals surface area (Å²) in [5.74, 6) is 1.01. The smallest absolute Gasteiger partial charge is 0.148 e. The third-order valence-electron chi connectivity index (χ3n) is 4.83. The molecule has 0 atom stereocenters. The van der Waals surface area contributed by atoms with Crippen molar-refractivity contribution in [3.8, 4) is 0 Å². The summed E-state index contributed by atoms with van der Waals surface area (Å²) in [6.45, 7) is 4.90. The van der Waals surface area contributed by atoms with E-state index in [9.17, 15) is 5.11 Å². The van der Waals surface area contributed by atoms with Crippen molar-refractivity contribution < 1.29 is 5.11 Å². The van der Waals surface area contributed by atoms with E-state index in [2.05, 4.69) is 4.98 Å². The Balaban J connectivity index is 1.82. The number of nitrogens with one attached hydrogen (secondary N) is 1. The fourth-order valence-electron chi connectivity index (χ4n) is 3.50. The first-order valence-electron chi connectivity index (χ1n) is 8.52. The van der Waals surface area contributed by atoms with Gasteiger partial charge in [0.05, 0.1) is 23.2 Å². The molecular weight excluding hydrogens is 348 g/mol. The van der Waals surface area contributed by atoms with Crippen LogP contribution < -0.4 is 4.90 Å². The third-order valence-corrected chi connectivity index (χ3v) is 5.24. The molecule has 132 valence electrons. The number of aliphatic hydroxyl groups is 1. The molecule has 4 rings (SSSR count). The topological polar surface area (TPSA) is 65.1 Å². The van der Waals surface area contributed by atoms with Crippen LogP contribution in [-0.2, 0) is 6.54 Å². The maximum Gasteiger partial charge on any atom is 0.148 e. The van der Waals surface area contributed by atoms with E-state index in [0.29, 0.717) is 23.0 Å². The van der Waals surface area contributed by atoms with Crippen molar-refractivity contribution in [3.05, 3.63) is 64.6 Å². The molecule has 6 heteroatoms.